The molecule has 0 radical (unpaired) electrons. The molecule has 2 bridgehead atoms. The van der Waals surface area contributed by atoms with Gasteiger partial charge in [-0.05, 0) is 33.1 Å². The van der Waals surface area contributed by atoms with Crippen LogP contribution in [0.3, 0.4) is 0 Å². The van der Waals surface area contributed by atoms with E-state index in [9.17, 15) is 4.79 Å². The van der Waals surface area contributed by atoms with Gasteiger partial charge in [-0.15, -0.1) is 0 Å². The monoisotopic (exact) mass is 344 g/mol. The van der Waals surface area contributed by atoms with E-state index in [1.807, 2.05) is 30.5 Å². The Hall–Kier alpha value is -2.08. The van der Waals surface area contributed by atoms with Crippen molar-refractivity contribution in [2.45, 2.75) is 57.2 Å². The molecular weight excluding hydrogens is 320 g/mol. The number of methoxy groups -OCH3 is 1. The Bertz CT molecular complexity index is 835. The smallest absolute Gasteiger partial charge is 0.343 e. The number of imidazole rings is 1. The number of rotatable bonds is 5. The summed E-state index contributed by atoms with van der Waals surface area (Å²) in [6, 6.07) is 1.83. The minimum atomic E-state index is -0.408. The van der Waals surface area contributed by atoms with E-state index in [0.29, 0.717) is 17.9 Å². The molecule has 3 fully saturated rings. The van der Waals surface area contributed by atoms with Gasteiger partial charge in [-0.3, -0.25) is 0 Å². The molecule has 0 N–H and O–H groups in total. The topological polar surface area (TPSA) is 62.1 Å². The Balaban J connectivity index is 1.76. The van der Waals surface area contributed by atoms with Gasteiger partial charge in [-0.1, -0.05) is 6.92 Å². The summed E-state index contributed by atoms with van der Waals surface area (Å²) in [5, 5.41) is 0. The van der Waals surface area contributed by atoms with Gasteiger partial charge in [-0.25, -0.2) is 9.78 Å². The molecule has 1 saturated carbocycles. The van der Waals surface area contributed by atoms with Crippen LogP contribution in [0.5, 0.6) is 5.75 Å². The maximum atomic E-state index is 12.2. The lowest BCUT2D eigenvalue weighted by molar-refractivity contribution is 0.0154. The molecule has 3 aliphatic rings. The molecule has 1 atom stereocenters. The van der Waals surface area contributed by atoms with Crippen molar-refractivity contribution in [3.63, 3.8) is 0 Å². The number of aromatic nitrogens is 2. The lowest BCUT2D eigenvalue weighted by Crippen LogP contribution is -2.45. The summed E-state index contributed by atoms with van der Waals surface area (Å²) in [5.74, 6) is 0.110. The van der Waals surface area contributed by atoms with Gasteiger partial charge >= 0.3 is 5.97 Å². The number of carbonyl (C=O) groups is 1. The number of hydrogen-bond donors (Lipinski definition) is 0. The lowest BCUT2D eigenvalue weighted by Gasteiger charge is -2.41. The van der Waals surface area contributed by atoms with Gasteiger partial charge in [0.05, 0.1) is 31.1 Å². The number of ether oxygens (including phenoxy) is 3. The molecule has 0 spiro atoms. The highest BCUT2D eigenvalue weighted by Gasteiger charge is 2.61. The van der Waals surface area contributed by atoms with Gasteiger partial charge in [0.1, 0.15) is 17.0 Å². The summed E-state index contributed by atoms with van der Waals surface area (Å²) in [5.41, 5.74) is 2.24. The first-order valence-corrected chi connectivity index (χ1v) is 8.80. The van der Waals surface area contributed by atoms with Crippen molar-refractivity contribution in [3.05, 3.63) is 29.7 Å². The van der Waals surface area contributed by atoms with Crippen LogP contribution in [0.25, 0.3) is 5.65 Å². The molecule has 4 heterocycles. The van der Waals surface area contributed by atoms with Crippen LogP contribution in [-0.4, -0.2) is 40.8 Å². The van der Waals surface area contributed by atoms with Crippen LogP contribution < -0.4 is 4.74 Å². The Morgan fingerprint density at radius 1 is 1.44 bits per heavy atom. The molecule has 134 valence electrons. The number of carbonyl (C=O) groups excluding carboxylic acids is 1. The summed E-state index contributed by atoms with van der Waals surface area (Å²) >= 11 is 0. The second-order valence-corrected chi connectivity index (χ2v) is 7.64. The molecule has 6 heteroatoms. The normalized spacial score (nSPS) is 28.6. The maximum Gasteiger partial charge on any atom is 0.343 e. The average Bonchev–Trinajstić information content (AvgIpc) is 3.23. The summed E-state index contributed by atoms with van der Waals surface area (Å²) in [6.07, 6.45) is 6.62. The Kier molecular flexibility index (Phi) is 3.58. The fourth-order valence-corrected chi connectivity index (χ4v) is 4.08. The van der Waals surface area contributed by atoms with E-state index >= 15 is 0 Å². The fourth-order valence-electron chi connectivity index (χ4n) is 4.08. The molecule has 2 aromatic rings. The molecule has 5 rings (SSSR count). The van der Waals surface area contributed by atoms with E-state index in [4.69, 9.17) is 19.2 Å². The standard InChI is InChI=1S/C19H24N2O4/c1-5-12(2)25-14-6-16-20-15(19-9-18(3,10-19)24-11-19)8-21(16)7-13(14)17(22)23-4/h6-8,12H,5,9-11H2,1-4H3. The zero-order valence-electron chi connectivity index (χ0n) is 15.2. The van der Waals surface area contributed by atoms with E-state index in [2.05, 4.69) is 6.92 Å². The van der Waals surface area contributed by atoms with Crippen molar-refractivity contribution in [1.29, 1.82) is 0 Å². The summed E-state index contributed by atoms with van der Waals surface area (Å²) in [4.78, 5) is 17.0. The van der Waals surface area contributed by atoms with Gasteiger partial charge in [0, 0.05) is 23.9 Å². The summed E-state index contributed by atoms with van der Waals surface area (Å²) in [6.45, 7) is 6.89. The summed E-state index contributed by atoms with van der Waals surface area (Å²) < 4.78 is 18.6. The van der Waals surface area contributed by atoms with E-state index in [0.717, 1.165) is 30.6 Å². The zero-order valence-corrected chi connectivity index (χ0v) is 15.2. The maximum absolute atomic E-state index is 12.2. The molecule has 0 amide bonds. The fraction of sp³-hybridized carbons (Fsp3) is 0.579. The van der Waals surface area contributed by atoms with Gasteiger partial charge < -0.3 is 18.6 Å². The van der Waals surface area contributed by atoms with Crippen LogP contribution in [0.15, 0.2) is 18.5 Å². The highest BCUT2D eigenvalue weighted by Crippen LogP contribution is 2.58. The minimum absolute atomic E-state index is 0.00875. The van der Waals surface area contributed by atoms with E-state index in [1.54, 1.807) is 6.20 Å². The largest absolute Gasteiger partial charge is 0.490 e. The molecule has 6 nitrogen and oxygen atoms in total. The first kappa shape index (κ1) is 16.4. The van der Waals surface area contributed by atoms with E-state index in [-0.39, 0.29) is 17.1 Å². The summed E-state index contributed by atoms with van der Waals surface area (Å²) in [7, 11) is 1.38. The van der Waals surface area contributed by atoms with Gasteiger partial charge in [0.15, 0.2) is 0 Å². The van der Waals surface area contributed by atoms with Gasteiger partial charge in [0.2, 0.25) is 0 Å². The zero-order chi connectivity index (χ0) is 17.8. The first-order chi connectivity index (χ1) is 11.9. The Labute approximate surface area is 147 Å². The Morgan fingerprint density at radius 2 is 2.20 bits per heavy atom. The van der Waals surface area contributed by atoms with Crippen LogP contribution in [-0.2, 0) is 14.9 Å². The molecule has 25 heavy (non-hydrogen) atoms. The molecule has 0 aromatic carbocycles. The van der Waals surface area contributed by atoms with Crippen molar-refractivity contribution in [1.82, 2.24) is 9.38 Å². The molecule has 1 aliphatic carbocycles. The third kappa shape index (κ3) is 2.51. The predicted octanol–water partition coefficient (Wildman–Crippen LogP) is 3.12. The molecule has 1 unspecified atom stereocenters. The highest BCUT2D eigenvalue weighted by molar-refractivity contribution is 5.92. The van der Waals surface area contributed by atoms with Crippen LogP contribution in [0.2, 0.25) is 0 Å². The molecule has 2 aromatic heterocycles. The van der Waals surface area contributed by atoms with Crippen molar-refractivity contribution in [3.8, 4) is 5.75 Å². The van der Waals surface area contributed by atoms with Crippen LogP contribution in [0, 0.1) is 0 Å². The quantitative estimate of drug-likeness (QED) is 0.780. The average molecular weight is 344 g/mol. The number of esters is 1. The van der Waals surface area contributed by atoms with Crippen molar-refractivity contribution < 1.29 is 19.0 Å². The number of hydrogen-bond acceptors (Lipinski definition) is 5. The number of fused-ring (bicyclic) bond motifs is 2. The SMILES string of the molecule is CCC(C)Oc1cc2nc(C34COC(C)(C3)C4)cn2cc1C(=O)OC. The van der Waals surface area contributed by atoms with Gasteiger partial charge in [-0.2, -0.15) is 0 Å². The van der Waals surface area contributed by atoms with Crippen molar-refractivity contribution in [2.24, 2.45) is 0 Å². The van der Waals surface area contributed by atoms with Crippen LogP contribution in [0.4, 0.5) is 0 Å². The third-order valence-electron chi connectivity index (χ3n) is 5.53. The number of pyridine rings is 1. The van der Waals surface area contributed by atoms with Crippen LogP contribution in [0.1, 0.15) is 56.1 Å². The van der Waals surface area contributed by atoms with Crippen LogP contribution >= 0.6 is 0 Å². The van der Waals surface area contributed by atoms with Gasteiger partial charge in [0.25, 0.3) is 0 Å². The van der Waals surface area contributed by atoms with Crippen molar-refractivity contribution >= 4 is 11.6 Å². The second-order valence-electron chi connectivity index (χ2n) is 7.64. The van der Waals surface area contributed by atoms with Crippen molar-refractivity contribution in [2.75, 3.05) is 13.7 Å². The molecule has 2 saturated heterocycles. The second kappa shape index (κ2) is 5.46. The lowest BCUT2D eigenvalue weighted by atomic mass is 9.62. The molecular formula is C19H24N2O4. The molecule has 2 aliphatic heterocycles. The third-order valence-corrected chi connectivity index (χ3v) is 5.53. The Morgan fingerprint density at radius 3 is 2.80 bits per heavy atom. The van der Waals surface area contributed by atoms with E-state index in [1.165, 1.54) is 7.11 Å². The number of nitrogens with zero attached hydrogens (tertiary/aromatic N) is 2. The van der Waals surface area contributed by atoms with E-state index < -0.39 is 5.97 Å². The predicted molar refractivity (Wildman–Crippen MR) is 92.2 cm³/mol. The highest BCUT2D eigenvalue weighted by atomic mass is 16.5. The first-order valence-electron chi connectivity index (χ1n) is 8.80. The minimum Gasteiger partial charge on any atom is -0.490 e.